The van der Waals surface area contributed by atoms with Crippen molar-refractivity contribution in [2.75, 3.05) is 13.2 Å². The van der Waals surface area contributed by atoms with Crippen LogP contribution in [0.25, 0.3) is 0 Å². The van der Waals surface area contributed by atoms with E-state index >= 15 is 0 Å². The van der Waals surface area contributed by atoms with Gasteiger partial charge in [0.25, 0.3) is 0 Å². The molecule has 10 heteroatoms. The summed E-state index contributed by atoms with van der Waals surface area (Å²) >= 11 is 6.93. The first-order chi connectivity index (χ1) is 20.4. The Morgan fingerprint density at radius 3 is 1.48 bits per heavy atom. The second-order valence-corrected chi connectivity index (χ2v) is 11.8. The van der Waals surface area contributed by atoms with Crippen molar-refractivity contribution in [3.05, 3.63) is 56.5 Å². The Morgan fingerprint density at radius 1 is 0.667 bits per heavy atom. The highest BCUT2D eigenvalue weighted by Gasteiger charge is 2.06. The Kier molecular flexibility index (Phi) is 18.5. The minimum atomic E-state index is -0.102. The zero-order chi connectivity index (χ0) is 30.4. The summed E-state index contributed by atoms with van der Waals surface area (Å²) in [6.07, 6.45) is 13.8. The summed E-state index contributed by atoms with van der Waals surface area (Å²) in [5.41, 5.74) is 6.84. The maximum Gasteiger partial charge on any atom is 0.240 e. The fourth-order valence-electron chi connectivity index (χ4n) is 3.89. The molecule has 0 aliphatic heterocycles. The zero-order valence-corrected chi connectivity index (χ0v) is 28.0. The number of ether oxygens (including phenoxy) is 2. The van der Waals surface area contributed by atoms with Crippen LogP contribution in [0.4, 0.5) is 0 Å². The number of amides is 2. The van der Waals surface area contributed by atoms with Crippen molar-refractivity contribution in [3.63, 3.8) is 0 Å². The van der Waals surface area contributed by atoms with Crippen molar-refractivity contribution in [3.8, 4) is 11.5 Å². The predicted octanol–water partition coefficient (Wildman–Crippen LogP) is 8.29. The Bertz CT molecular complexity index is 1070. The molecule has 0 aromatic heterocycles. The molecule has 0 radical (unpaired) electrons. The number of hydrogen-bond acceptors (Lipinski definition) is 6. The minimum Gasteiger partial charge on any atom is -0.493 e. The number of nitrogens with zero attached hydrogens (tertiary/aromatic N) is 2. The van der Waals surface area contributed by atoms with Gasteiger partial charge in [0.15, 0.2) is 0 Å². The molecule has 0 atom stereocenters. The van der Waals surface area contributed by atoms with Gasteiger partial charge in [0.2, 0.25) is 11.8 Å². The van der Waals surface area contributed by atoms with Gasteiger partial charge in [-0.25, -0.2) is 10.9 Å². The number of halogens is 2. The summed E-state index contributed by atoms with van der Waals surface area (Å²) in [6.45, 7) is 5.54. The van der Waals surface area contributed by atoms with Gasteiger partial charge in [-0.1, -0.05) is 84.2 Å². The minimum absolute atomic E-state index is 0.102. The molecule has 0 bridgehead atoms. The van der Waals surface area contributed by atoms with E-state index < -0.39 is 0 Å². The Morgan fingerprint density at radius 2 is 1.07 bits per heavy atom. The summed E-state index contributed by atoms with van der Waals surface area (Å²) in [5.74, 6) is 1.29. The molecule has 2 rings (SSSR count). The van der Waals surface area contributed by atoms with Gasteiger partial charge in [0.05, 0.1) is 25.6 Å². The molecule has 0 heterocycles. The highest BCUT2D eigenvalue weighted by molar-refractivity contribution is 9.10. The number of carbonyl (C=O) groups excluding carboxylic acids is 2. The van der Waals surface area contributed by atoms with Gasteiger partial charge in [-0.05, 0) is 62.1 Å². The van der Waals surface area contributed by atoms with Gasteiger partial charge in [-0.15, -0.1) is 0 Å². The van der Waals surface area contributed by atoms with Gasteiger partial charge < -0.3 is 9.47 Å². The molecule has 2 aromatic rings. The van der Waals surface area contributed by atoms with Gasteiger partial charge in [-0.3, -0.25) is 9.59 Å². The Balaban J connectivity index is 1.56. The molecule has 0 aliphatic carbocycles. The first-order valence-corrected chi connectivity index (χ1v) is 16.5. The Labute approximate surface area is 267 Å². The average Bonchev–Trinajstić information content (AvgIpc) is 2.97. The SMILES string of the molecule is CCCCOc1ccc(Br)cc1C=NNC(=O)CCCCCCCCC(=O)NN=Cc1cc(Br)ccc1OCCCC. The molecule has 0 unspecified atom stereocenters. The lowest BCUT2D eigenvalue weighted by Crippen LogP contribution is -2.17. The highest BCUT2D eigenvalue weighted by atomic mass is 79.9. The van der Waals surface area contributed by atoms with Crippen molar-refractivity contribution >= 4 is 56.1 Å². The normalized spacial score (nSPS) is 11.2. The molecular formula is C32H44Br2N4O4. The van der Waals surface area contributed by atoms with Crippen molar-refractivity contribution in [2.24, 2.45) is 10.2 Å². The number of nitrogens with one attached hydrogen (secondary N) is 2. The molecule has 8 nitrogen and oxygen atoms in total. The van der Waals surface area contributed by atoms with Gasteiger partial charge >= 0.3 is 0 Å². The third-order valence-corrected chi connectivity index (χ3v) is 7.28. The largest absolute Gasteiger partial charge is 0.493 e. The van der Waals surface area contributed by atoms with Crippen LogP contribution < -0.4 is 20.3 Å². The smallest absolute Gasteiger partial charge is 0.240 e. The highest BCUT2D eigenvalue weighted by Crippen LogP contribution is 2.23. The molecule has 2 N–H and O–H groups in total. The van der Waals surface area contributed by atoms with Crippen LogP contribution in [0.3, 0.4) is 0 Å². The maximum atomic E-state index is 12.1. The summed E-state index contributed by atoms with van der Waals surface area (Å²) in [5, 5.41) is 8.21. The van der Waals surface area contributed by atoms with Crippen molar-refractivity contribution in [1.82, 2.24) is 10.9 Å². The molecule has 230 valence electrons. The van der Waals surface area contributed by atoms with Crippen molar-refractivity contribution in [1.29, 1.82) is 0 Å². The van der Waals surface area contributed by atoms with Crippen LogP contribution in [-0.4, -0.2) is 37.5 Å². The van der Waals surface area contributed by atoms with E-state index in [1.54, 1.807) is 12.4 Å². The fourth-order valence-corrected chi connectivity index (χ4v) is 4.65. The van der Waals surface area contributed by atoms with E-state index in [0.717, 1.165) is 95.8 Å². The number of unbranched alkanes of at least 4 members (excludes halogenated alkanes) is 7. The van der Waals surface area contributed by atoms with E-state index in [2.05, 4.69) is 66.8 Å². The lowest BCUT2D eigenvalue weighted by atomic mass is 10.1. The molecule has 0 fully saturated rings. The Hall–Kier alpha value is -2.72. The zero-order valence-electron chi connectivity index (χ0n) is 24.8. The topological polar surface area (TPSA) is 101 Å². The number of benzene rings is 2. The quantitative estimate of drug-likeness (QED) is 0.0775. The van der Waals surface area contributed by atoms with Crippen LogP contribution in [-0.2, 0) is 9.59 Å². The third-order valence-electron chi connectivity index (χ3n) is 6.30. The van der Waals surface area contributed by atoms with Crippen LogP contribution >= 0.6 is 31.9 Å². The van der Waals surface area contributed by atoms with Crippen LogP contribution in [0.15, 0.2) is 55.5 Å². The van der Waals surface area contributed by atoms with E-state index in [9.17, 15) is 9.59 Å². The van der Waals surface area contributed by atoms with E-state index in [4.69, 9.17) is 9.47 Å². The number of hydrazone groups is 2. The third kappa shape index (κ3) is 15.5. The lowest BCUT2D eigenvalue weighted by molar-refractivity contribution is -0.122. The standard InChI is InChI=1S/C32H44Br2N4O4/c1-3-5-19-41-29-17-15-27(33)21-25(29)23-35-37-31(39)13-11-9-7-8-10-12-14-32(40)38-36-24-26-22-28(34)16-18-30(26)42-20-6-4-2/h15-18,21-24H,3-14,19-20H2,1-2H3,(H,37,39)(H,38,40). The maximum absolute atomic E-state index is 12.1. The van der Waals surface area contributed by atoms with Gasteiger partial charge in [-0.2, -0.15) is 10.2 Å². The predicted molar refractivity (Wildman–Crippen MR) is 177 cm³/mol. The first-order valence-electron chi connectivity index (χ1n) is 14.9. The number of hydrogen-bond donors (Lipinski definition) is 2. The van der Waals surface area contributed by atoms with Crippen LogP contribution in [0, 0.1) is 0 Å². The summed E-state index contributed by atoms with van der Waals surface area (Å²) in [7, 11) is 0. The molecule has 2 aromatic carbocycles. The van der Waals surface area contributed by atoms with E-state index in [1.807, 2.05) is 36.4 Å². The average molecular weight is 709 g/mol. The van der Waals surface area contributed by atoms with Gasteiger partial charge in [0.1, 0.15) is 11.5 Å². The molecule has 0 saturated heterocycles. The number of rotatable bonds is 21. The van der Waals surface area contributed by atoms with E-state index in [-0.39, 0.29) is 11.8 Å². The summed E-state index contributed by atoms with van der Waals surface area (Å²) in [4.78, 5) is 24.3. The van der Waals surface area contributed by atoms with Gasteiger partial charge in [0, 0.05) is 32.9 Å². The van der Waals surface area contributed by atoms with Crippen LogP contribution in [0.2, 0.25) is 0 Å². The molecule has 2 amide bonds. The van der Waals surface area contributed by atoms with Crippen LogP contribution in [0.5, 0.6) is 11.5 Å². The summed E-state index contributed by atoms with van der Waals surface area (Å²) < 4.78 is 13.5. The fraction of sp³-hybridized carbons (Fsp3) is 0.500. The molecule has 42 heavy (non-hydrogen) atoms. The van der Waals surface area contributed by atoms with Crippen LogP contribution in [0.1, 0.15) is 102 Å². The second kappa shape index (κ2) is 21.9. The molecule has 0 aliphatic rings. The lowest BCUT2D eigenvalue weighted by Gasteiger charge is -2.09. The number of carbonyl (C=O) groups is 2. The monoisotopic (exact) mass is 706 g/mol. The van der Waals surface area contributed by atoms with Crippen molar-refractivity contribution in [2.45, 2.75) is 90.9 Å². The van der Waals surface area contributed by atoms with E-state index in [0.29, 0.717) is 26.1 Å². The summed E-state index contributed by atoms with van der Waals surface area (Å²) in [6, 6.07) is 11.5. The first kappa shape index (κ1) is 35.5. The molecule has 0 spiro atoms. The van der Waals surface area contributed by atoms with E-state index in [1.165, 1.54) is 0 Å². The second-order valence-electron chi connectivity index (χ2n) is 9.98. The van der Waals surface area contributed by atoms with Crippen molar-refractivity contribution < 1.29 is 19.1 Å². The molecular weight excluding hydrogens is 664 g/mol. The molecule has 0 saturated carbocycles.